The third-order valence-corrected chi connectivity index (χ3v) is 7.94. The molecule has 0 spiro atoms. The van der Waals surface area contributed by atoms with Crippen LogP contribution in [0.25, 0.3) is 19.8 Å². The molecule has 3 N–H and O–H groups in total. The van der Waals surface area contributed by atoms with E-state index in [0.29, 0.717) is 6.04 Å². The molecule has 0 bridgehead atoms. The summed E-state index contributed by atoms with van der Waals surface area (Å²) in [6.45, 7) is 5.95. The summed E-state index contributed by atoms with van der Waals surface area (Å²) in [6.07, 6.45) is 0. The molecule has 2 aromatic carbocycles. The number of fused-ring (bicyclic) bond motifs is 1. The molecule has 1 fully saturated rings. The summed E-state index contributed by atoms with van der Waals surface area (Å²) in [4.78, 5) is 14.3. The summed E-state index contributed by atoms with van der Waals surface area (Å²) < 4.78 is 2.65. The van der Waals surface area contributed by atoms with Crippen molar-refractivity contribution in [2.24, 2.45) is 0 Å². The molecule has 0 aliphatic carbocycles. The lowest BCUT2D eigenvalue weighted by atomic mass is 10.0. The van der Waals surface area contributed by atoms with Gasteiger partial charge in [0.2, 0.25) is 0 Å². The Morgan fingerprint density at radius 1 is 1.10 bits per heavy atom. The zero-order chi connectivity index (χ0) is 21.4. The maximum atomic E-state index is 13.1. The highest BCUT2D eigenvalue weighted by Crippen LogP contribution is 2.37. The molecule has 0 radical (unpaired) electrons. The molecule has 0 saturated carbocycles. The number of amides is 1. The predicted molar refractivity (Wildman–Crippen MR) is 132 cm³/mol. The molecule has 4 aromatic rings. The van der Waals surface area contributed by atoms with Crippen molar-refractivity contribution >= 4 is 43.7 Å². The molecular weight excluding hydrogens is 422 g/mol. The summed E-state index contributed by atoms with van der Waals surface area (Å²) in [6, 6.07) is 19.3. The van der Waals surface area contributed by atoms with Crippen LogP contribution in [0.15, 0.2) is 60.0 Å². The Morgan fingerprint density at radius 2 is 1.97 bits per heavy atom. The van der Waals surface area contributed by atoms with Crippen molar-refractivity contribution < 1.29 is 4.79 Å². The van der Waals surface area contributed by atoms with Gasteiger partial charge in [-0.05, 0) is 66.2 Å². The fourth-order valence-electron chi connectivity index (χ4n) is 3.81. The average Bonchev–Trinajstić information content (AvgIpc) is 3.34. The molecule has 1 saturated heterocycles. The number of hydrogen-bond donors (Lipinski definition) is 3. The number of thiophene rings is 2. The number of aryl methyl sites for hydroxylation is 1. The Balaban J connectivity index is 1.32. The third-order valence-electron chi connectivity index (χ3n) is 5.79. The van der Waals surface area contributed by atoms with Crippen LogP contribution in [-0.2, 0) is 0 Å². The van der Waals surface area contributed by atoms with E-state index in [1.54, 1.807) is 11.3 Å². The van der Waals surface area contributed by atoms with Gasteiger partial charge in [-0.1, -0.05) is 24.3 Å². The fourth-order valence-corrected chi connectivity index (χ4v) is 5.91. The van der Waals surface area contributed by atoms with Crippen LogP contribution in [0, 0.1) is 6.92 Å². The minimum Gasteiger partial charge on any atom is -0.380 e. The van der Waals surface area contributed by atoms with Gasteiger partial charge in [-0.2, -0.15) is 0 Å². The van der Waals surface area contributed by atoms with Gasteiger partial charge >= 0.3 is 0 Å². The Kier molecular flexibility index (Phi) is 5.52. The van der Waals surface area contributed by atoms with E-state index in [0.717, 1.165) is 35.5 Å². The molecule has 1 atom stereocenters. The Labute approximate surface area is 190 Å². The topological polar surface area (TPSA) is 53.2 Å². The monoisotopic (exact) mass is 447 g/mol. The first-order valence-electron chi connectivity index (χ1n) is 10.5. The smallest absolute Gasteiger partial charge is 0.252 e. The molecule has 1 aliphatic rings. The maximum absolute atomic E-state index is 13.1. The molecule has 4 nitrogen and oxygen atoms in total. The number of carbonyl (C=O) groups is 1. The van der Waals surface area contributed by atoms with E-state index >= 15 is 0 Å². The minimum absolute atomic E-state index is 0.0394. The van der Waals surface area contributed by atoms with E-state index < -0.39 is 0 Å². The van der Waals surface area contributed by atoms with Crippen LogP contribution in [0.5, 0.6) is 0 Å². The van der Waals surface area contributed by atoms with E-state index in [-0.39, 0.29) is 11.9 Å². The van der Waals surface area contributed by atoms with Crippen molar-refractivity contribution in [2.75, 3.05) is 18.4 Å². The molecule has 3 heterocycles. The molecule has 2 aromatic heterocycles. The SMILES string of the molecule is Cc1ccc(NC2CNC2)cc1C(=O)N[C@H](C)c1cccc(-c2cc3sccc3s2)c1. The van der Waals surface area contributed by atoms with Crippen molar-refractivity contribution in [3.8, 4) is 10.4 Å². The van der Waals surface area contributed by atoms with Crippen LogP contribution in [0.2, 0.25) is 0 Å². The lowest BCUT2D eigenvalue weighted by Gasteiger charge is -2.29. The molecular formula is C25H25N3OS2. The Bertz CT molecular complexity index is 1210. The van der Waals surface area contributed by atoms with Crippen LogP contribution >= 0.6 is 22.7 Å². The predicted octanol–water partition coefficient (Wildman–Crippen LogP) is 5.81. The van der Waals surface area contributed by atoms with Gasteiger partial charge in [0.05, 0.1) is 12.1 Å². The van der Waals surface area contributed by atoms with Crippen LogP contribution in [0.4, 0.5) is 5.69 Å². The highest BCUT2D eigenvalue weighted by Gasteiger charge is 2.18. The lowest BCUT2D eigenvalue weighted by Crippen LogP contribution is -2.51. The minimum atomic E-state index is -0.0830. The van der Waals surface area contributed by atoms with Gasteiger partial charge in [0.1, 0.15) is 0 Å². The van der Waals surface area contributed by atoms with Gasteiger partial charge in [-0.15, -0.1) is 22.7 Å². The van der Waals surface area contributed by atoms with Crippen molar-refractivity contribution in [3.05, 3.63) is 76.7 Å². The van der Waals surface area contributed by atoms with Crippen molar-refractivity contribution in [1.29, 1.82) is 0 Å². The van der Waals surface area contributed by atoms with E-state index in [9.17, 15) is 4.79 Å². The first-order chi connectivity index (χ1) is 15.1. The standard InChI is InChI=1S/C25H25N3OS2/c1-15-6-7-19(28-20-13-26-14-20)11-21(15)25(29)27-16(2)17-4-3-5-18(10-17)23-12-24-22(31-23)8-9-30-24/h3-12,16,20,26,28H,13-14H2,1-2H3,(H,27,29)/t16-/m1/s1. The number of nitrogens with one attached hydrogen (secondary N) is 3. The zero-order valence-electron chi connectivity index (χ0n) is 17.6. The second kappa shape index (κ2) is 8.46. The van der Waals surface area contributed by atoms with E-state index in [2.05, 4.69) is 57.7 Å². The van der Waals surface area contributed by atoms with Crippen molar-refractivity contribution in [1.82, 2.24) is 10.6 Å². The second-order valence-corrected chi connectivity index (χ2v) is 10.1. The van der Waals surface area contributed by atoms with Crippen molar-refractivity contribution in [3.63, 3.8) is 0 Å². The van der Waals surface area contributed by atoms with Crippen LogP contribution in [0.3, 0.4) is 0 Å². The van der Waals surface area contributed by atoms with Crippen LogP contribution < -0.4 is 16.0 Å². The molecule has 6 heteroatoms. The fraction of sp³-hybridized carbons (Fsp3) is 0.240. The molecule has 0 unspecified atom stereocenters. The third kappa shape index (κ3) is 4.24. The summed E-state index contributed by atoms with van der Waals surface area (Å²) in [5.74, 6) is -0.0394. The number of hydrogen-bond acceptors (Lipinski definition) is 5. The average molecular weight is 448 g/mol. The molecule has 1 amide bonds. The van der Waals surface area contributed by atoms with E-state index in [4.69, 9.17) is 0 Å². The largest absolute Gasteiger partial charge is 0.380 e. The highest BCUT2D eigenvalue weighted by atomic mass is 32.1. The van der Waals surface area contributed by atoms with Gasteiger partial charge in [0.15, 0.2) is 0 Å². The van der Waals surface area contributed by atoms with Crippen LogP contribution in [0.1, 0.15) is 34.5 Å². The highest BCUT2D eigenvalue weighted by molar-refractivity contribution is 7.28. The summed E-state index contributed by atoms with van der Waals surface area (Å²) >= 11 is 3.59. The molecule has 31 heavy (non-hydrogen) atoms. The Morgan fingerprint density at radius 3 is 2.74 bits per heavy atom. The lowest BCUT2D eigenvalue weighted by molar-refractivity contribution is 0.0939. The number of carbonyl (C=O) groups excluding carboxylic acids is 1. The first kappa shape index (κ1) is 20.2. The van der Waals surface area contributed by atoms with Gasteiger partial charge in [0.25, 0.3) is 5.91 Å². The van der Waals surface area contributed by atoms with E-state index in [1.165, 1.54) is 19.8 Å². The summed E-state index contributed by atoms with van der Waals surface area (Å²) in [7, 11) is 0. The van der Waals surface area contributed by atoms with Crippen molar-refractivity contribution in [2.45, 2.75) is 25.9 Å². The molecule has 1 aliphatic heterocycles. The number of benzene rings is 2. The summed E-state index contributed by atoms with van der Waals surface area (Å²) in [5.41, 5.74) is 5.00. The summed E-state index contributed by atoms with van der Waals surface area (Å²) in [5, 5.41) is 12.1. The molecule has 158 valence electrons. The number of anilines is 1. The quantitative estimate of drug-likeness (QED) is 0.349. The van der Waals surface area contributed by atoms with Crippen LogP contribution in [-0.4, -0.2) is 25.0 Å². The zero-order valence-corrected chi connectivity index (χ0v) is 19.2. The second-order valence-electron chi connectivity index (χ2n) is 8.11. The van der Waals surface area contributed by atoms with Gasteiger partial charge in [-0.25, -0.2) is 0 Å². The molecule has 5 rings (SSSR count). The first-order valence-corrected chi connectivity index (χ1v) is 12.2. The normalized spacial score (nSPS) is 14.9. The van der Waals surface area contributed by atoms with E-state index in [1.807, 2.05) is 43.4 Å². The van der Waals surface area contributed by atoms with Gasteiger partial charge < -0.3 is 16.0 Å². The maximum Gasteiger partial charge on any atom is 0.252 e. The van der Waals surface area contributed by atoms with Gasteiger partial charge in [-0.3, -0.25) is 4.79 Å². The Hall–Kier alpha value is -2.67. The van der Waals surface area contributed by atoms with Gasteiger partial charge in [0, 0.05) is 38.6 Å². The number of rotatable bonds is 6.